The first kappa shape index (κ1) is 32.1. The Morgan fingerprint density at radius 1 is 0.886 bits per heavy atom. The number of nitriles is 1. The van der Waals surface area contributed by atoms with Crippen molar-refractivity contribution in [2.75, 3.05) is 62.1 Å². The highest BCUT2D eigenvalue weighted by Crippen LogP contribution is 2.24. The van der Waals surface area contributed by atoms with Crippen LogP contribution in [0.2, 0.25) is 0 Å². The van der Waals surface area contributed by atoms with Gasteiger partial charge in [0.2, 0.25) is 0 Å². The Hall–Kier alpha value is -4.78. The molecule has 2 aliphatic rings. The molecule has 5 heterocycles. The molecule has 44 heavy (non-hydrogen) atoms. The van der Waals surface area contributed by atoms with Gasteiger partial charge in [0.1, 0.15) is 6.04 Å². The van der Waals surface area contributed by atoms with Gasteiger partial charge >= 0.3 is 18.1 Å². The average Bonchev–Trinajstić information content (AvgIpc) is 3.79. The van der Waals surface area contributed by atoms with Gasteiger partial charge in [0, 0.05) is 77.8 Å². The van der Waals surface area contributed by atoms with E-state index in [9.17, 15) is 19.6 Å². The molecule has 0 bridgehead atoms. The van der Waals surface area contributed by atoms with Gasteiger partial charge in [-0.2, -0.15) is 5.26 Å². The van der Waals surface area contributed by atoms with Crippen LogP contribution in [0.15, 0.2) is 55.4 Å². The van der Waals surface area contributed by atoms with Crippen molar-refractivity contribution in [2.24, 2.45) is 5.73 Å². The van der Waals surface area contributed by atoms with E-state index in [2.05, 4.69) is 4.90 Å². The van der Waals surface area contributed by atoms with Gasteiger partial charge in [-0.3, -0.25) is 28.9 Å². The lowest BCUT2D eigenvalue weighted by Crippen LogP contribution is -2.40. The van der Waals surface area contributed by atoms with E-state index in [0.717, 1.165) is 32.0 Å². The fraction of sp³-hybridized carbons (Fsp3) is 0.393. The Balaban J connectivity index is 0.00000442. The fourth-order valence-corrected chi connectivity index (χ4v) is 4.58. The molecular weight excluding hydrogens is 592 g/mol. The van der Waals surface area contributed by atoms with Crippen molar-refractivity contribution in [1.29, 1.82) is 10.7 Å². The Bertz CT molecular complexity index is 1550. The molecule has 3 unspecified atom stereocenters. The molecule has 0 spiro atoms. The van der Waals surface area contributed by atoms with Gasteiger partial charge in [-0.15, -0.1) is 12.4 Å². The average molecular weight is 627 g/mol. The Morgan fingerprint density at radius 2 is 1.30 bits per heavy atom. The van der Waals surface area contributed by atoms with Crippen LogP contribution in [0.5, 0.6) is 0 Å². The van der Waals surface area contributed by atoms with Crippen molar-refractivity contribution in [1.82, 2.24) is 18.6 Å². The van der Waals surface area contributed by atoms with Gasteiger partial charge in [0.05, 0.1) is 54.4 Å². The largest absolute Gasteiger partial charge is 0.388 e. The lowest BCUT2D eigenvalue weighted by atomic mass is 10.2. The second-order valence-electron chi connectivity index (χ2n) is 10.6. The maximum atomic E-state index is 13.3. The van der Waals surface area contributed by atoms with Crippen molar-refractivity contribution >= 4 is 53.4 Å². The van der Waals surface area contributed by atoms with Crippen molar-refractivity contribution < 1.29 is 23.9 Å². The van der Waals surface area contributed by atoms with Crippen LogP contribution in [-0.4, -0.2) is 108 Å². The number of anilines is 3. The first-order valence-corrected chi connectivity index (χ1v) is 13.6. The van der Waals surface area contributed by atoms with Crippen LogP contribution in [0.25, 0.3) is 0 Å². The number of rotatable bonds is 10. The highest BCUT2D eigenvalue weighted by Gasteiger charge is 2.31. The summed E-state index contributed by atoms with van der Waals surface area (Å²) in [6.07, 6.45) is 9.87. The number of nitrogens with zero attached hydrogens (tertiary/aromatic N) is 8. The zero-order valence-electron chi connectivity index (χ0n) is 24.6. The molecule has 3 atom stereocenters. The number of nitrogens with two attached hydrogens (primary N) is 1. The third kappa shape index (κ3) is 7.22. The van der Waals surface area contributed by atoms with Gasteiger partial charge in [-0.05, 0) is 18.2 Å². The van der Waals surface area contributed by atoms with Crippen LogP contribution in [0.3, 0.4) is 0 Å². The van der Waals surface area contributed by atoms with Crippen LogP contribution in [0.1, 0.15) is 6.42 Å². The smallest absolute Gasteiger partial charge is 0.332 e. The van der Waals surface area contributed by atoms with E-state index in [1.807, 2.05) is 12.1 Å². The lowest BCUT2D eigenvalue weighted by molar-refractivity contribution is 0.203. The van der Waals surface area contributed by atoms with E-state index in [-0.39, 0.29) is 42.9 Å². The summed E-state index contributed by atoms with van der Waals surface area (Å²) in [7, 11) is 4.64. The number of amidine groups is 1. The van der Waals surface area contributed by atoms with Crippen LogP contribution in [0.4, 0.5) is 31.4 Å². The van der Waals surface area contributed by atoms with Crippen molar-refractivity contribution in [3.8, 4) is 6.07 Å². The van der Waals surface area contributed by atoms with Crippen molar-refractivity contribution in [2.45, 2.75) is 24.7 Å². The summed E-state index contributed by atoms with van der Waals surface area (Å²) in [5.41, 5.74) is 7.25. The minimum Gasteiger partial charge on any atom is -0.388 e. The summed E-state index contributed by atoms with van der Waals surface area (Å²) >= 11 is 0. The summed E-state index contributed by atoms with van der Waals surface area (Å²) in [4.78, 5) is 45.5. The van der Waals surface area contributed by atoms with Gasteiger partial charge < -0.3 is 25.0 Å². The molecule has 234 valence electrons. The maximum absolute atomic E-state index is 13.3. The molecule has 0 radical (unpaired) electrons. The molecule has 3 amide bonds. The molecule has 0 saturated carbocycles. The first-order valence-electron chi connectivity index (χ1n) is 13.6. The van der Waals surface area contributed by atoms with E-state index in [1.165, 1.54) is 47.8 Å². The van der Waals surface area contributed by atoms with Gasteiger partial charge in [0.25, 0.3) is 0 Å². The van der Waals surface area contributed by atoms with Crippen molar-refractivity contribution in [3.05, 3.63) is 55.4 Å². The van der Waals surface area contributed by atoms with Gasteiger partial charge in [-0.25, -0.2) is 14.4 Å². The van der Waals surface area contributed by atoms with E-state index < -0.39 is 18.1 Å². The van der Waals surface area contributed by atoms with Crippen LogP contribution in [-0.2, 0) is 9.47 Å². The monoisotopic (exact) mass is 626 g/mol. The molecule has 2 fully saturated rings. The number of hydrogen-bond acceptors (Lipinski definition) is 8. The zero-order valence-corrected chi connectivity index (χ0v) is 25.4. The molecule has 3 N–H and O–H groups in total. The summed E-state index contributed by atoms with van der Waals surface area (Å²) < 4.78 is 14.9. The normalized spacial score (nSPS) is 17.0. The Labute approximate surface area is 260 Å². The summed E-state index contributed by atoms with van der Waals surface area (Å²) in [5.74, 6) is -0.202. The number of amides is 3. The molecule has 5 rings (SSSR count). The number of carbonyl (C=O) groups is 3. The quantitative estimate of drug-likeness (QED) is 0.196. The van der Waals surface area contributed by atoms with Crippen molar-refractivity contribution in [3.63, 3.8) is 0 Å². The molecule has 3 aromatic rings. The lowest BCUT2D eigenvalue weighted by Gasteiger charge is -2.22. The molecule has 2 saturated heterocycles. The fourth-order valence-electron chi connectivity index (χ4n) is 4.58. The predicted octanol–water partition coefficient (Wildman–Crippen LogP) is 2.44. The molecule has 0 aromatic carbocycles. The first-order chi connectivity index (χ1) is 20.5. The maximum Gasteiger partial charge on any atom is 0.332 e. The Morgan fingerprint density at radius 3 is 1.70 bits per heavy atom. The van der Waals surface area contributed by atoms with Crippen LogP contribution in [0, 0.1) is 16.7 Å². The van der Waals surface area contributed by atoms with Gasteiger partial charge in [0.15, 0.2) is 0 Å². The number of nitrogens with one attached hydrogen (secondary N) is 1. The molecule has 16 heteroatoms. The topological polar surface area (TPSA) is 178 Å². The van der Waals surface area contributed by atoms with Gasteiger partial charge in [-0.1, -0.05) is 0 Å². The predicted molar refractivity (Wildman–Crippen MR) is 165 cm³/mol. The minimum absolute atomic E-state index is 0. The standard InChI is InChI=1S/C28H34N10O5.ClH/c1-32(20-5-8-36(13-20)28(41)34(3)22(11-29)10-25(30)31)26(39)35-7-4-19(12-35)33(2)27(40)37-9-6-21(14-37)38(15-23-17-42-23)16-24-18-43-24;/h4-9,12-14,22-24H,10,15-18H2,1-3H3,(H3,30,31);1H. The highest BCUT2D eigenvalue weighted by atomic mass is 35.5. The minimum atomic E-state index is -0.903. The summed E-state index contributed by atoms with van der Waals surface area (Å²) in [6, 6.07) is 4.98. The van der Waals surface area contributed by atoms with E-state index in [1.54, 1.807) is 51.0 Å². The zero-order chi connectivity index (χ0) is 30.8. The number of ether oxygens (including phenoxy) is 2. The molecule has 15 nitrogen and oxygen atoms in total. The van der Waals surface area contributed by atoms with Crippen LogP contribution < -0.4 is 20.4 Å². The molecule has 0 aliphatic carbocycles. The number of aromatic nitrogens is 3. The second kappa shape index (κ2) is 13.2. The number of epoxide rings is 2. The third-order valence-corrected chi connectivity index (χ3v) is 7.39. The number of halogens is 1. The third-order valence-electron chi connectivity index (χ3n) is 7.39. The van der Waals surface area contributed by atoms with E-state index in [0.29, 0.717) is 11.4 Å². The van der Waals surface area contributed by atoms with Crippen LogP contribution >= 0.6 is 12.4 Å². The number of hydrogen-bond donors (Lipinski definition) is 2. The summed E-state index contributed by atoms with van der Waals surface area (Å²) in [6.45, 7) is 2.95. The Kier molecular flexibility index (Phi) is 9.68. The molecule has 3 aromatic heterocycles. The summed E-state index contributed by atoms with van der Waals surface area (Å²) in [5, 5.41) is 16.8. The highest BCUT2D eigenvalue weighted by molar-refractivity contribution is 5.96. The number of carbonyl (C=O) groups excluding carboxylic acids is 3. The second-order valence-corrected chi connectivity index (χ2v) is 10.6. The van der Waals surface area contributed by atoms with E-state index in [4.69, 9.17) is 20.6 Å². The molecule has 2 aliphatic heterocycles. The SMILES string of the molecule is CN(C(=O)n1ccc(N(CC2CO2)CC2CO2)c1)c1ccn(C(=O)N(C)c2ccn(C(=O)N(C)C(C#N)CC(=N)N)c2)c1.Cl. The molecular formula is C28H35ClN10O5. The van der Waals surface area contributed by atoms with E-state index >= 15 is 0 Å².